The predicted molar refractivity (Wildman–Crippen MR) is 72.3 cm³/mol. The Labute approximate surface area is 137 Å². The van der Waals surface area contributed by atoms with E-state index in [1.807, 2.05) is 0 Å². The number of halogens is 2. The van der Waals surface area contributed by atoms with Crippen molar-refractivity contribution >= 4 is 56.9 Å². The van der Waals surface area contributed by atoms with Gasteiger partial charge >= 0.3 is 44.9 Å². The molecule has 0 saturated heterocycles. The summed E-state index contributed by atoms with van der Waals surface area (Å²) in [5, 5.41) is -4.54. The summed E-state index contributed by atoms with van der Waals surface area (Å²) in [5.74, 6) is 0. The van der Waals surface area contributed by atoms with Gasteiger partial charge in [0.2, 0.25) is 0 Å². The zero-order valence-electron chi connectivity index (χ0n) is 9.05. The Morgan fingerprint density at radius 2 is 1.84 bits per heavy atom. The summed E-state index contributed by atoms with van der Waals surface area (Å²) >= 11 is 4.69. The van der Waals surface area contributed by atoms with E-state index in [2.05, 4.69) is 4.74 Å². The van der Waals surface area contributed by atoms with Crippen molar-refractivity contribution in [3.63, 3.8) is 0 Å². The molecular formula is C10H11F2NaO4S2. The third-order valence-corrected chi connectivity index (χ3v) is 3.10. The summed E-state index contributed by atoms with van der Waals surface area (Å²) in [4.78, 5) is 0. The molecule has 0 amide bonds. The van der Waals surface area contributed by atoms with Gasteiger partial charge in [0.25, 0.3) is 0 Å². The Morgan fingerprint density at radius 1 is 1.32 bits per heavy atom. The van der Waals surface area contributed by atoms with Crippen LogP contribution < -0.4 is 0 Å². The molecule has 0 heterocycles. The summed E-state index contributed by atoms with van der Waals surface area (Å²) in [6.07, 6.45) is 0.109. The second-order valence-electron chi connectivity index (χ2n) is 3.44. The first-order valence-electron chi connectivity index (χ1n) is 4.77. The number of rotatable bonds is 5. The summed E-state index contributed by atoms with van der Waals surface area (Å²) in [5.41, 5.74) is 0.748. The second-order valence-corrected chi connectivity index (χ2v) is 5.44. The van der Waals surface area contributed by atoms with Crippen LogP contribution in [-0.4, -0.2) is 59.4 Å². The van der Waals surface area contributed by atoms with Crippen molar-refractivity contribution in [2.75, 3.05) is 6.61 Å². The third kappa shape index (κ3) is 6.24. The summed E-state index contributed by atoms with van der Waals surface area (Å²) in [6.45, 7) is -1.50. The SMILES string of the molecule is O=S(=O)(O)C(F)(F)COC(=S)Cc1ccccc1.[NaH]. The van der Waals surface area contributed by atoms with Crippen LogP contribution in [0.15, 0.2) is 30.3 Å². The zero-order chi connectivity index (χ0) is 13.8. The second kappa shape index (κ2) is 7.61. The van der Waals surface area contributed by atoms with Crippen LogP contribution in [0.25, 0.3) is 0 Å². The maximum absolute atomic E-state index is 12.8. The topological polar surface area (TPSA) is 63.6 Å². The molecule has 0 unspecified atom stereocenters. The van der Waals surface area contributed by atoms with Crippen LogP contribution in [0.3, 0.4) is 0 Å². The van der Waals surface area contributed by atoms with Crippen molar-refractivity contribution in [3.05, 3.63) is 35.9 Å². The van der Waals surface area contributed by atoms with E-state index < -0.39 is 22.0 Å². The number of hydrogen-bond donors (Lipinski definition) is 1. The van der Waals surface area contributed by atoms with E-state index in [-0.39, 0.29) is 41.0 Å². The molecule has 0 aromatic heterocycles. The van der Waals surface area contributed by atoms with Crippen molar-refractivity contribution in [1.29, 1.82) is 0 Å². The van der Waals surface area contributed by atoms with Crippen LogP contribution in [0.4, 0.5) is 8.78 Å². The van der Waals surface area contributed by atoms with Gasteiger partial charge in [-0.15, -0.1) is 0 Å². The molecule has 102 valence electrons. The molecular weight excluding hydrogens is 309 g/mol. The minimum absolute atomic E-state index is 0. The van der Waals surface area contributed by atoms with E-state index in [9.17, 15) is 17.2 Å². The molecule has 0 atom stereocenters. The average Bonchev–Trinajstić information content (AvgIpc) is 2.26. The van der Waals surface area contributed by atoms with Gasteiger partial charge in [0, 0.05) is 6.42 Å². The Morgan fingerprint density at radius 3 is 2.32 bits per heavy atom. The van der Waals surface area contributed by atoms with Crippen molar-refractivity contribution in [2.24, 2.45) is 0 Å². The number of hydrogen-bond acceptors (Lipinski definition) is 4. The number of ether oxygens (including phenoxy) is 1. The van der Waals surface area contributed by atoms with E-state index in [1.165, 1.54) is 0 Å². The molecule has 9 heteroatoms. The number of benzene rings is 1. The van der Waals surface area contributed by atoms with Crippen LogP contribution in [-0.2, 0) is 21.3 Å². The Balaban J connectivity index is 0.00000324. The van der Waals surface area contributed by atoms with Gasteiger partial charge in [-0.1, -0.05) is 30.3 Å². The van der Waals surface area contributed by atoms with Gasteiger partial charge in [0.1, 0.15) is 0 Å². The molecule has 1 N–H and O–H groups in total. The van der Waals surface area contributed by atoms with Gasteiger partial charge in [-0.3, -0.25) is 4.55 Å². The van der Waals surface area contributed by atoms with Crippen LogP contribution in [0.1, 0.15) is 5.56 Å². The zero-order valence-corrected chi connectivity index (χ0v) is 10.7. The Hall–Kier alpha value is -0.120. The monoisotopic (exact) mass is 320 g/mol. The Bertz CT molecular complexity index is 520. The van der Waals surface area contributed by atoms with Gasteiger partial charge in [-0.2, -0.15) is 17.2 Å². The van der Waals surface area contributed by atoms with E-state index in [0.29, 0.717) is 0 Å². The van der Waals surface area contributed by atoms with Crippen LogP contribution in [0.2, 0.25) is 0 Å². The first-order valence-corrected chi connectivity index (χ1v) is 6.61. The Kier molecular flexibility index (Phi) is 7.56. The molecule has 19 heavy (non-hydrogen) atoms. The van der Waals surface area contributed by atoms with Crippen molar-refractivity contribution in [1.82, 2.24) is 0 Å². The molecule has 0 bridgehead atoms. The standard InChI is InChI=1S/C10H10F2O4S2.Na.H/c11-10(12,18(13,14)15)7-16-9(17)6-8-4-2-1-3-5-8;;/h1-5H,6-7H2,(H,13,14,15);;. The molecule has 4 nitrogen and oxygen atoms in total. The summed E-state index contributed by atoms with van der Waals surface area (Å²) in [6, 6.07) is 8.70. The fourth-order valence-electron chi connectivity index (χ4n) is 1.05. The van der Waals surface area contributed by atoms with Gasteiger partial charge in [-0.25, -0.2) is 0 Å². The van der Waals surface area contributed by atoms with Gasteiger partial charge in [-0.05, 0) is 17.8 Å². The van der Waals surface area contributed by atoms with Gasteiger partial charge < -0.3 is 4.74 Å². The van der Waals surface area contributed by atoms with Crippen LogP contribution in [0, 0.1) is 0 Å². The molecule has 0 radical (unpaired) electrons. The third-order valence-electron chi connectivity index (χ3n) is 1.97. The summed E-state index contributed by atoms with van der Waals surface area (Å²) < 4.78 is 59.0. The number of alkyl halides is 2. The van der Waals surface area contributed by atoms with Gasteiger partial charge in [0.15, 0.2) is 11.7 Å². The van der Waals surface area contributed by atoms with E-state index in [0.717, 1.165) is 5.56 Å². The molecule has 1 rings (SSSR count). The van der Waals surface area contributed by atoms with Crippen molar-refractivity contribution < 1.29 is 26.5 Å². The van der Waals surface area contributed by atoms with E-state index >= 15 is 0 Å². The van der Waals surface area contributed by atoms with Crippen LogP contribution in [0.5, 0.6) is 0 Å². The fraction of sp³-hybridized carbons (Fsp3) is 0.300. The molecule has 1 aromatic rings. The first kappa shape index (κ1) is 18.9. The van der Waals surface area contributed by atoms with E-state index in [4.69, 9.17) is 16.8 Å². The predicted octanol–water partition coefficient (Wildman–Crippen LogP) is 1.41. The maximum atomic E-state index is 12.8. The number of thiocarbonyl (C=S) groups is 1. The van der Waals surface area contributed by atoms with Gasteiger partial charge in [0.05, 0.1) is 0 Å². The molecule has 0 aliphatic rings. The molecule has 0 fully saturated rings. The normalized spacial score (nSPS) is 11.5. The minimum atomic E-state index is -5.49. The molecule has 0 aliphatic heterocycles. The van der Waals surface area contributed by atoms with E-state index in [1.54, 1.807) is 30.3 Å². The molecule has 1 aromatic carbocycles. The quantitative estimate of drug-likeness (QED) is 0.505. The average molecular weight is 320 g/mol. The molecule has 0 aliphatic carbocycles. The molecule has 0 saturated carbocycles. The molecule has 0 spiro atoms. The van der Waals surface area contributed by atoms with Crippen molar-refractivity contribution in [3.8, 4) is 0 Å². The first-order chi connectivity index (χ1) is 8.22. The summed E-state index contributed by atoms with van der Waals surface area (Å²) in [7, 11) is -5.49. The fourth-order valence-corrected chi connectivity index (χ4v) is 1.49. The van der Waals surface area contributed by atoms with Crippen molar-refractivity contribution in [2.45, 2.75) is 11.7 Å². The van der Waals surface area contributed by atoms with Crippen LogP contribution >= 0.6 is 12.2 Å².